The van der Waals surface area contributed by atoms with E-state index in [1.165, 1.54) is 6.07 Å². The number of halogens is 1. The molecule has 1 aromatic heterocycles. The highest BCUT2D eigenvalue weighted by molar-refractivity contribution is 5.89. The van der Waals surface area contributed by atoms with Crippen molar-refractivity contribution in [3.8, 4) is 0 Å². The third-order valence-corrected chi connectivity index (χ3v) is 4.54. The van der Waals surface area contributed by atoms with E-state index in [-0.39, 0.29) is 5.82 Å². The van der Waals surface area contributed by atoms with E-state index in [0.29, 0.717) is 11.8 Å². The van der Waals surface area contributed by atoms with Crippen LogP contribution in [0.2, 0.25) is 0 Å². The molecule has 1 aromatic carbocycles. The van der Waals surface area contributed by atoms with Crippen LogP contribution in [-0.4, -0.2) is 48.1 Å². The molecular formula is C15H17FN4. The molecule has 0 radical (unpaired) electrons. The molecule has 5 heteroatoms. The predicted octanol–water partition coefficient (Wildman–Crippen LogP) is 1.77. The molecule has 0 amide bonds. The van der Waals surface area contributed by atoms with Gasteiger partial charge in [-0.2, -0.15) is 0 Å². The lowest BCUT2D eigenvalue weighted by Gasteiger charge is -2.21. The minimum atomic E-state index is -0.229. The summed E-state index contributed by atoms with van der Waals surface area (Å²) in [6.45, 7) is 4.33. The topological polar surface area (TPSA) is 32.3 Å². The monoisotopic (exact) mass is 272 g/mol. The van der Waals surface area contributed by atoms with E-state index in [4.69, 9.17) is 0 Å². The molecule has 0 aliphatic carbocycles. The summed E-state index contributed by atoms with van der Waals surface area (Å²) in [7, 11) is 2.18. The molecule has 2 aliphatic heterocycles. The number of rotatable bonds is 1. The Hall–Kier alpha value is -1.75. The second-order valence-corrected chi connectivity index (χ2v) is 6.01. The van der Waals surface area contributed by atoms with Gasteiger partial charge in [0.1, 0.15) is 18.0 Å². The minimum Gasteiger partial charge on any atom is -0.355 e. The van der Waals surface area contributed by atoms with Crippen molar-refractivity contribution in [1.82, 2.24) is 14.9 Å². The van der Waals surface area contributed by atoms with Crippen molar-refractivity contribution in [3.63, 3.8) is 0 Å². The van der Waals surface area contributed by atoms with Gasteiger partial charge in [0.05, 0.1) is 5.52 Å². The molecule has 2 saturated heterocycles. The van der Waals surface area contributed by atoms with Crippen LogP contribution in [0.3, 0.4) is 0 Å². The number of nitrogens with zero attached hydrogens (tertiary/aromatic N) is 4. The Bertz CT molecular complexity index is 645. The molecule has 4 rings (SSSR count). The molecule has 0 bridgehead atoms. The van der Waals surface area contributed by atoms with Gasteiger partial charge < -0.3 is 9.80 Å². The van der Waals surface area contributed by atoms with Gasteiger partial charge in [-0.3, -0.25) is 0 Å². The quantitative estimate of drug-likeness (QED) is 0.792. The van der Waals surface area contributed by atoms with Crippen LogP contribution in [0.15, 0.2) is 24.5 Å². The van der Waals surface area contributed by atoms with Crippen LogP contribution in [0.25, 0.3) is 10.9 Å². The first-order valence-electron chi connectivity index (χ1n) is 7.04. The molecule has 0 unspecified atom stereocenters. The molecule has 0 spiro atoms. The lowest BCUT2D eigenvalue weighted by Crippen LogP contribution is -2.27. The number of fused-ring (bicyclic) bond motifs is 2. The van der Waals surface area contributed by atoms with Crippen LogP contribution in [0, 0.1) is 17.7 Å². The number of benzene rings is 1. The molecule has 0 saturated carbocycles. The standard InChI is InChI=1S/C15H17FN4/c1-19-5-10-7-20(8-11(10)6-19)15-13-4-12(16)2-3-14(13)17-9-18-15/h2-4,9-11H,5-8H2,1H3/t10-,11+. The van der Waals surface area contributed by atoms with E-state index in [1.807, 2.05) is 0 Å². The number of aromatic nitrogens is 2. The fourth-order valence-electron chi connectivity index (χ4n) is 3.67. The molecule has 4 nitrogen and oxygen atoms in total. The second kappa shape index (κ2) is 4.38. The zero-order valence-corrected chi connectivity index (χ0v) is 11.5. The maximum atomic E-state index is 13.5. The van der Waals surface area contributed by atoms with Crippen molar-refractivity contribution in [1.29, 1.82) is 0 Å². The Morgan fingerprint density at radius 3 is 2.60 bits per heavy atom. The van der Waals surface area contributed by atoms with Crippen LogP contribution in [0.4, 0.5) is 10.2 Å². The Balaban J connectivity index is 1.71. The van der Waals surface area contributed by atoms with Gasteiger partial charge in [0.2, 0.25) is 0 Å². The maximum absolute atomic E-state index is 13.5. The lowest BCUT2D eigenvalue weighted by atomic mass is 10.0. The smallest absolute Gasteiger partial charge is 0.140 e. The Morgan fingerprint density at radius 2 is 1.85 bits per heavy atom. The SMILES string of the molecule is CN1C[C@@H]2CN(c3ncnc4ccc(F)cc34)C[C@@H]2C1. The van der Waals surface area contributed by atoms with E-state index < -0.39 is 0 Å². The highest BCUT2D eigenvalue weighted by Gasteiger charge is 2.39. The molecule has 3 heterocycles. The number of hydrogen-bond donors (Lipinski definition) is 0. The van der Waals surface area contributed by atoms with Crippen molar-refractivity contribution < 1.29 is 4.39 Å². The molecule has 20 heavy (non-hydrogen) atoms. The highest BCUT2D eigenvalue weighted by Crippen LogP contribution is 2.34. The summed E-state index contributed by atoms with van der Waals surface area (Å²) < 4.78 is 13.5. The molecule has 2 atom stereocenters. The third kappa shape index (κ3) is 1.85. The lowest BCUT2D eigenvalue weighted by molar-refractivity contribution is 0.387. The highest BCUT2D eigenvalue weighted by atomic mass is 19.1. The van der Waals surface area contributed by atoms with Gasteiger partial charge in [-0.1, -0.05) is 0 Å². The molecule has 104 valence electrons. The van der Waals surface area contributed by atoms with Crippen molar-refractivity contribution in [3.05, 3.63) is 30.3 Å². The van der Waals surface area contributed by atoms with E-state index in [9.17, 15) is 4.39 Å². The number of likely N-dealkylation sites (tertiary alicyclic amines) is 1. The average molecular weight is 272 g/mol. The van der Waals surface area contributed by atoms with Crippen LogP contribution in [0.5, 0.6) is 0 Å². The van der Waals surface area contributed by atoms with Gasteiger partial charge in [-0.15, -0.1) is 0 Å². The van der Waals surface area contributed by atoms with E-state index in [2.05, 4.69) is 26.8 Å². The van der Waals surface area contributed by atoms with Crippen molar-refractivity contribution in [2.24, 2.45) is 11.8 Å². The fourth-order valence-corrected chi connectivity index (χ4v) is 3.67. The first-order chi connectivity index (χ1) is 9.70. The summed E-state index contributed by atoms with van der Waals surface area (Å²) in [6.07, 6.45) is 1.58. The molecule has 2 aliphatic rings. The molecule has 2 fully saturated rings. The first kappa shape index (κ1) is 12.0. The van der Waals surface area contributed by atoms with E-state index >= 15 is 0 Å². The van der Waals surface area contributed by atoms with E-state index in [0.717, 1.165) is 42.9 Å². The summed E-state index contributed by atoms with van der Waals surface area (Å²) in [5, 5.41) is 0.820. The molecular weight excluding hydrogens is 255 g/mol. The van der Waals surface area contributed by atoms with Crippen molar-refractivity contribution >= 4 is 16.7 Å². The largest absolute Gasteiger partial charge is 0.355 e. The zero-order chi connectivity index (χ0) is 13.7. The Kier molecular flexibility index (Phi) is 2.63. The van der Waals surface area contributed by atoms with Gasteiger partial charge in [0, 0.05) is 31.6 Å². The first-order valence-corrected chi connectivity index (χ1v) is 7.04. The Labute approximate surface area is 117 Å². The summed E-state index contributed by atoms with van der Waals surface area (Å²) in [5.41, 5.74) is 0.811. The van der Waals surface area contributed by atoms with Gasteiger partial charge >= 0.3 is 0 Å². The summed E-state index contributed by atoms with van der Waals surface area (Å²) >= 11 is 0. The van der Waals surface area contributed by atoms with Gasteiger partial charge in [-0.25, -0.2) is 14.4 Å². The average Bonchev–Trinajstić information content (AvgIpc) is 2.95. The van der Waals surface area contributed by atoms with Crippen molar-refractivity contribution in [2.75, 3.05) is 38.1 Å². The summed E-state index contributed by atoms with van der Waals surface area (Å²) in [5.74, 6) is 2.07. The maximum Gasteiger partial charge on any atom is 0.140 e. The second-order valence-electron chi connectivity index (χ2n) is 6.01. The normalized spacial score (nSPS) is 26.4. The molecule has 0 N–H and O–H groups in total. The van der Waals surface area contributed by atoms with Gasteiger partial charge in [-0.05, 0) is 37.1 Å². The third-order valence-electron chi connectivity index (χ3n) is 4.54. The predicted molar refractivity (Wildman–Crippen MR) is 76.2 cm³/mol. The summed E-state index contributed by atoms with van der Waals surface area (Å²) in [4.78, 5) is 13.3. The van der Waals surface area contributed by atoms with E-state index in [1.54, 1.807) is 18.5 Å². The Morgan fingerprint density at radius 1 is 1.10 bits per heavy atom. The summed E-state index contributed by atoms with van der Waals surface area (Å²) in [6, 6.07) is 4.72. The van der Waals surface area contributed by atoms with Gasteiger partial charge in [0.25, 0.3) is 0 Å². The van der Waals surface area contributed by atoms with Gasteiger partial charge in [0.15, 0.2) is 0 Å². The van der Waals surface area contributed by atoms with Crippen LogP contribution < -0.4 is 4.90 Å². The van der Waals surface area contributed by atoms with Crippen LogP contribution in [0.1, 0.15) is 0 Å². The molecule has 2 aromatic rings. The van der Waals surface area contributed by atoms with Crippen LogP contribution in [-0.2, 0) is 0 Å². The van der Waals surface area contributed by atoms with Crippen LogP contribution >= 0.6 is 0 Å². The zero-order valence-electron chi connectivity index (χ0n) is 11.5. The fraction of sp³-hybridized carbons (Fsp3) is 0.467. The number of hydrogen-bond acceptors (Lipinski definition) is 4. The van der Waals surface area contributed by atoms with Crippen molar-refractivity contribution in [2.45, 2.75) is 0 Å². The number of anilines is 1. The minimum absolute atomic E-state index is 0.229.